The maximum Gasteiger partial charge on any atom is 0.420 e. The summed E-state index contributed by atoms with van der Waals surface area (Å²) in [6.45, 7) is 4.54. The Bertz CT molecular complexity index is 710. The first kappa shape index (κ1) is 16.2. The zero-order valence-electron chi connectivity index (χ0n) is 13.0. The van der Waals surface area contributed by atoms with Crippen molar-refractivity contribution in [1.29, 1.82) is 0 Å². The zero-order chi connectivity index (χ0) is 16.8. The van der Waals surface area contributed by atoms with Gasteiger partial charge in [-0.3, -0.25) is 20.0 Å². The van der Waals surface area contributed by atoms with Crippen LogP contribution in [0.2, 0.25) is 0 Å². The summed E-state index contributed by atoms with van der Waals surface area (Å²) in [4.78, 5) is 20.6. The summed E-state index contributed by atoms with van der Waals surface area (Å²) in [6.07, 6.45) is -4.80. The number of hydrogen-bond acceptors (Lipinski definition) is 4. The predicted octanol–water partition coefficient (Wildman–Crippen LogP) is 1.35. The Labute approximate surface area is 131 Å². The molecular weight excluding hydrogens is 309 g/mol. The molecule has 2 aliphatic heterocycles. The molecule has 0 aromatic carbocycles. The highest BCUT2D eigenvalue weighted by Crippen LogP contribution is 2.40. The largest absolute Gasteiger partial charge is 0.420 e. The molecule has 23 heavy (non-hydrogen) atoms. The first-order valence-electron chi connectivity index (χ1n) is 7.55. The molecule has 0 bridgehead atoms. The lowest BCUT2D eigenvalue weighted by atomic mass is 9.95. The van der Waals surface area contributed by atoms with Crippen LogP contribution >= 0.6 is 0 Å². The lowest BCUT2D eigenvalue weighted by molar-refractivity contribution is -0.227. The number of pyridine rings is 1. The minimum atomic E-state index is -4.44. The summed E-state index contributed by atoms with van der Waals surface area (Å²) in [7, 11) is 0. The first-order chi connectivity index (χ1) is 10.7. The van der Waals surface area contributed by atoms with E-state index in [-0.39, 0.29) is 42.9 Å². The number of hydrogen-bond donors (Lipinski definition) is 2. The van der Waals surface area contributed by atoms with Gasteiger partial charge in [0.25, 0.3) is 5.56 Å². The maximum atomic E-state index is 13.8. The molecule has 0 aliphatic carbocycles. The Morgan fingerprint density at radius 3 is 2.70 bits per heavy atom. The van der Waals surface area contributed by atoms with Gasteiger partial charge >= 0.3 is 6.18 Å². The van der Waals surface area contributed by atoms with Gasteiger partial charge in [-0.15, -0.1) is 0 Å². The number of alkyl halides is 3. The summed E-state index contributed by atoms with van der Waals surface area (Å²) < 4.78 is 41.3. The number of fused-ring (bicyclic) bond motifs is 1. The van der Waals surface area contributed by atoms with E-state index in [2.05, 4.69) is 15.3 Å². The highest BCUT2D eigenvalue weighted by molar-refractivity contribution is 6.02. The van der Waals surface area contributed by atoms with Gasteiger partial charge in [-0.2, -0.15) is 13.2 Å². The van der Waals surface area contributed by atoms with E-state index in [1.807, 2.05) is 0 Å². The highest BCUT2D eigenvalue weighted by atomic mass is 19.4. The fourth-order valence-corrected chi connectivity index (χ4v) is 3.54. The second kappa shape index (κ2) is 5.45. The number of nitrogens with zero attached hydrogens (tertiary/aromatic N) is 2. The predicted molar refractivity (Wildman–Crippen MR) is 80.9 cm³/mol. The molecule has 8 heteroatoms. The van der Waals surface area contributed by atoms with E-state index in [1.165, 1.54) is 4.90 Å². The number of aromatic nitrogens is 1. The molecule has 1 aromatic rings. The molecule has 1 aromatic heterocycles. The van der Waals surface area contributed by atoms with Crippen molar-refractivity contribution in [2.75, 3.05) is 26.2 Å². The van der Waals surface area contributed by atoms with E-state index < -0.39 is 11.8 Å². The van der Waals surface area contributed by atoms with E-state index in [0.29, 0.717) is 17.8 Å². The third-order valence-corrected chi connectivity index (χ3v) is 4.56. The summed E-state index contributed by atoms with van der Waals surface area (Å²) >= 11 is 0. The quantitative estimate of drug-likeness (QED) is 0.818. The number of aromatic amines is 1. The van der Waals surface area contributed by atoms with Crippen LogP contribution in [0.4, 0.5) is 13.2 Å². The Morgan fingerprint density at radius 1 is 1.30 bits per heavy atom. The van der Waals surface area contributed by atoms with Gasteiger partial charge < -0.3 is 4.98 Å². The Kier molecular flexibility index (Phi) is 3.84. The topological polar surface area (TPSA) is 60.5 Å². The van der Waals surface area contributed by atoms with Crippen LogP contribution in [0, 0.1) is 13.8 Å². The van der Waals surface area contributed by atoms with Gasteiger partial charge in [0.05, 0.1) is 17.8 Å². The van der Waals surface area contributed by atoms with Gasteiger partial charge in [0.15, 0.2) is 5.66 Å². The highest BCUT2D eigenvalue weighted by Gasteiger charge is 2.61. The van der Waals surface area contributed by atoms with Gasteiger partial charge in [0, 0.05) is 31.7 Å². The van der Waals surface area contributed by atoms with Gasteiger partial charge in [-0.25, -0.2) is 0 Å². The zero-order valence-corrected chi connectivity index (χ0v) is 13.0. The van der Waals surface area contributed by atoms with Gasteiger partial charge in [-0.05, 0) is 25.5 Å². The molecule has 0 amide bonds. The Hall–Kier alpha value is -1.67. The molecule has 126 valence electrons. The number of rotatable bonds is 1. The molecule has 0 spiro atoms. The smallest absolute Gasteiger partial charge is 0.326 e. The monoisotopic (exact) mass is 328 g/mol. The van der Waals surface area contributed by atoms with Crippen molar-refractivity contribution in [1.82, 2.24) is 15.2 Å². The van der Waals surface area contributed by atoms with Crippen molar-refractivity contribution in [3.63, 3.8) is 0 Å². The lowest BCUT2D eigenvalue weighted by Gasteiger charge is -2.38. The third kappa shape index (κ3) is 2.59. The Morgan fingerprint density at radius 2 is 2.04 bits per heavy atom. The minimum Gasteiger partial charge on any atom is -0.326 e. The summed E-state index contributed by atoms with van der Waals surface area (Å²) in [6, 6.07) is 1.75. The van der Waals surface area contributed by atoms with Gasteiger partial charge in [0.1, 0.15) is 0 Å². The van der Waals surface area contributed by atoms with Crippen LogP contribution in [-0.4, -0.2) is 53.6 Å². The standard InChI is InChI=1S/C15H19F3N4O/c1-9-7-10(2)21-13(23)12(9)11-8-14(15(16,17)18)20-4-6-22(14)5-3-19-11/h7,20H,3-6,8H2,1-2H3,(H,21,23)/t14-/m1/s1. The van der Waals surface area contributed by atoms with Crippen LogP contribution in [0.25, 0.3) is 0 Å². The van der Waals surface area contributed by atoms with Gasteiger partial charge in [0.2, 0.25) is 0 Å². The first-order valence-corrected chi connectivity index (χ1v) is 7.55. The van der Waals surface area contributed by atoms with Crippen molar-refractivity contribution in [3.8, 4) is 0 Å². The molecule has 1 fully saturated rings. The van der Waals surface area contributed by atoms with Crippen LogP contribution in [0.3, 0.4) is 0 Å². The normalized spacial score (nSPS) is 25.9. The molecule has 3 rings (SSSR count). The van der Waals surface area contributed by atoms with Crippen LogP contribution in [0.5, 0.6) is 0 Å². The van der Waals surface area contributed by atoms with E-state index in [0.717, 1.165) is 0 Å². The Balaban J connectivity index is 2.09. The molecule has 0 unspecified atom stereocenters. The van der Waals surface area contributed by atoms with Crippen molar-refractivity contribution < 1.29 is 13.2 Å². The summed E-state index contributed by atoms with van der Waals surface area (Å²) in [5, 5.41) is 2.61. The number of aryl methyl sites for hydroxylation is 2. The fraction of sp³-hybridized carbons (Fsp3) is 0.600. The van der Waals surface area contributed by atoms with Crippen LogP contribution in [0.1, 0.15) is 23.2 Å². The molecule has 0 saturated carbocycles. The molecule has 1 saturated heterocycles. The van der Waals surface area contributed by atoms with Crippen LogP contribution < -0.4 is 10.9 Å². The number of nitrogens with one attached hydrogen (secondary N) is 2. The third-order valence-electron chi connectivity index (χ3n) is 4.56. The van der Waals surface area contributed by atoms with Crippen molar-refractivity contribution in [2.24, 2.45) is 4.99 Å². The van der Waals surface area contributed by atoms with E-state index >= 15 is 0 Å². The molecule has 0 radical (unpaired) electrons. The van der Waals surface area contributed by atoms with Crippen LogP contribution in [-0.2, 0) is 0 Å². The molecule has 2 aliphatic rings. The molecular formula is C15H19F3N4O. The fourth-order valence-electron chi connectivity index (χ4n) is 3.54. The van der Waals surface area contributed by atoms with Crippen molar-refractivity contribution in [2.45, 2.75) is 32.1 Å². The molecule has 2 N–H and O–H groups in total. The van der Waals surface area contributed by atoms with E-state index in [1.54, 1.807) is 19.9 Å². The molecule has 1 atom stereocenters. The van der Waals surface area contributed by atoms with E-state index in [9.17, 15) is 18.0 Å². The van der Waals surface area contributed by atoms with Crippen molar-refractivity contribution in [3.05, 3.63) is 33.2 Å². The summed E-state index contributed by atoms with van der Waals surface area (Å²) in [5.74, 6) is 0. The van der Waals surface area contributed by atoms with Crippen LogP contribution in [0.15, 0.2) is 15.9 Å². The number of halogens is 3. The average molecular weight is 328 g/mol. The SMILES string of the molecule is Cc1cc(C)c(C2=NCCN3CCN[C@]3(C(F)(F)F)C2)c(=O)[nH]1. The lowest BCUT2D eigenvalue weighted by Crippen LogP contribution is -2.63. The van der Waals surface area contributed by atoms with Gasteiger partial charge in [-0.1, -0.05) is 0 Å². The molecule has 5 nitrogen and oxygen atoms in total. The number of H-pyrrole nitrogens is 1. The summed E-state index contributed by atoms with van der Waals surface area (Å²) in [5.41, 5.74) is -0.713. The second-order valence-electron chi connectivity index (χ2n) is 6.12. The minimum absolute atomic E-state index is 0.220. The van der Waals surface area contributed by atoms with Crippen molar-refractivity contribution >= 4 is 5.71 Å². The second-order valence-corrected chi connectivity index (χ2v) is 6.12. The number of aliphatic imine (C=N–C) groups is 1. The maximum absolute atomic E-state index is 13.8. The van der Waals surface area contributed by atoms with E-state index in [4.69, 9.17) is 0 Å². The molecule has 3 heterocycles. The average Bonchev–Trinajstić information content (AvgIpc) is 2.73.